The second-order valence-corrected chi connectivity index (χ2v) is 7.00. The van der Waals surface area contributed by atoms with Crippen LogP contribution in [0.4, 0.5) is 0 Å². The summed E-state index contributed by atoms with van der Waals surface area (Å²) < 4.78 is 3.60. The Labute approximate surface area is 144 Å². The molecule has 1 aromatic carbocycles. The van der Waals surface area contributed by atoms with E-state index in [-0.39, 0.29) is 4.87 Å². The SMILES string of the molecule is Cc1csc(=O)n1CCn1cc(CN2Cc3ccccc3C2)nn1. The van der Waals surface area contributed by atoms with Gasteiger partial charge in [0.25, 0.3) is 0 Å². The highest BCUT2D eigenvalue weighted by molar-refractivity contribution is 7.07. The van der Waals surface area contributed by atoms with E-state index in [2.05, 4.69) is 39.5 Å². The molecule has 124 valence electrons. The molecule has 0 amide bonds. The molecule has 0 unspecified atom stereocenters. The smallest absolute Gasteiger partial charge is 0.301 e. The Morgan fingerprint density at radius 1 is 1.17 bits per heavy atom. The van der Waals surface area contributed by atoms with Crippen molar-refractivity contribution < 1.29 is 0 Å². The zero-order valence-electron chi connectivity index (χ0n) is 13.6. The van der Waals surface area contributed by atoms with Crippen molar-refractivity contribution in [3.8, 4) is 0 Å². The van der Waals surface area contributed by atoms with Gasteiger partial charge in [-0.3, -0.25) is 14.4 Å². The number of hydrogen-bond acceptors (Lipinski definition) is 5. The van der Waals surface area contributed by atoms with Gasteiger partial charge < -0.3 is 4.57 Å². The monoisotopic (exact) mass is 341 g/mol. The number of hydrogen-bond donors (Lipinski definition) is 0. The number of nitrogens with zero attached hydrogens (tertiary/aromatic N) is 5. The molecule has 3 aromatic rings. The standard InChI is InChI=1S/C17H19N5OS/c1-13-12-24-17(23)22(13)7-6-21-11-16(18-19-21)10-20-8-14-4-2-3-5-15(14)9-20/h2-5,11-12H,6-10H2,1H3. The van der Waals surface area contributed by atoms with E-state index in [1.807, 2.05) is 23.2 Å². The third kappa shape index (κ3) is 3.05. The van der Waals surface area contributed by atoms with Gasteiger partial charge in [-0.15, -0.1) is 5.10 Å². The van der Waals surface area contributed by atoms with Crippen LogP contribution < -0.4 is 4.87 Å². The fourth-order valence-electron chi connectivity index (χ4n) is 3.14. The molecule has 0 spiro atoms. The number of aromatic nitrogens is 4. The van der Waals surface area contributed by atoms with Crippen LogP contribution in [0.25, 0.3) is 0 Å². The Kier molecular flexibility index (Phi) is 4.03. The minimum absolute atomic E-state index is 0.0858. The van der Waals surface area contributed by atoms with Crippen LogP contribution in [0.5, 0.6) is 0 Å². The van der Waals surface area contributed by atoms with Gasteiger partial charge in [0.05, 0.1) is 12.2 Å². The molecule has 3 heterocycles. The first-order valence-electron chi connectivity index (χ1n) is 8.02. The van der Waals surface area contributed by atoms with E-state index in [1.165, 1.54) is 22.5 Å². The van der Waals surface area contributed by atoms with Gasteiger partial charge in [0, 0.05) is 43.4 Å². The largest absolute Gasteiger partial charge is 0.307 e. The van der Waals surface area contributed by atoms with E-state index in [1.54, 1.807) is 4.57 Å². The van der Waals surface area contributed by atoms with Crippen molar-refractivity contribution in [3.05, 3.63) is 68.0 Å². The zero-order chi connectivity index (χ0) is 16.5. The normalized spacial score (nSPS) is 14.2. The van der Waals surface area contributed by atoms with Gasteiger partial charge >= 0.3 is 4.87 Å². The van der Waals surface area contributed by atoms with E-state index < -0.39 is 0 Å². The molecule has 1 aliphatic rings. The lowest BCUT2D eigenvalue weighted by Gasteiger charge is -2.11. The summed E-state index contributed by atoms with van der Waals surface area (Å²) in [6, 6.07) is 8.56. The summed E-state index contributed by atoms with van der Waals surface area (Å²) in [5.74, 6) is 0. The van der Waals surface area contributed by atoms with Crippen molar-refractivity contribution in [1.82, 2.24) is 24.5 Å². The molecule has 0 fully saturated rings. The highest BCUT2D eigenvalue weighted by Gasteiger charge is 2.19. The Balaban J connectivity index is 1.37. The molecule has 0 N–H and O–H groups in total. The number of thiazole rings is 1. The first-order chi connectivity index (χ1) is 11.7. The van der Waals surface area contributed by atoms with E-state index in [0.29, 0.717) is 13.1 Å². The molecule has 6 nitrogen and oxygen atoms in total. The van der Waals surface area contributed by atoms with Gasteiger partial charge in [-0.1, -0.05) is 40.8 Å². The van der Waals surface area contributed by atoms with Crippen molar-refractivity contribution >= 4 is 11.3 Å². The van der Waals surface area contributed by atoms with E-state index in [4.69, 9.17) is 0 Å². The molecule has 0 saturated heterocycles. The van der Waals surface area contributed by atoms with Crippen LogP contribution in [0, 0.1) is 6.92 Å². The number of aryl methyl sites for hydroxylation is 2. The summed E-state index contributed by atoms with van der Waals surface area (Å²) in [5.41, 5.74) is 4.77. The molecule has 0 aliphatic carbocycles. The summed E-state index contributed by atoms with van der Waals surface area (Å²) in [7, 11) is 0. The van der Waals surface area contributed by atoms with Crippen LogP contribution in [-0.2, 0) is 32.7 Å². The van der Waals surface area contributed by atoms with Crippen LogP contribution in [0.1, 0.15) is 22.5 Å². The average molecular weight is 341 g/mol. The lowest BCUT2D eigenvalue weighted by Crippen LogP contribution is -2.18. The third-order valence-electron chi connectivity index (χ3n) is 4.41. The molecule has 0 radical (unpaired) electrons. The van der Waals surface area contributed by atoms with Crippen molar-refractivity contribution in [3.63, 3.8) is 0 Å². The lowest BCUT2D eigenvalue weighted by atomic mass is 10.1. The summed E-state index contributed by atoms with van der Waals surface area (Å²) in [4.78, 5) is 14.2. The Bertz CT molecular complexity index is 885. The molecule has 2 aromatic heterocycles. The quantitative estimate of drug-likeness (QED) is 0.712. The summed E-state index contributed by atoms with van der Waals surface area (Å²) in [5, 5.41) is 10.4. The van der Waals surface area contributed by atoms with E-state index in [9.17, 15) is 4.79 Å². The topological polar surface area (TPSA) is 56.0 Å². The molecule has 7 heteroatoms. The molecular weight excluding hydrogens is 322 g/mol. The van der Waals surface area contributed by atoms with Gasteiger partial charge in [0.1, 0.15) is 0 Å². The number of benzene rings is 1. The second-order valence-electron chi connectivity index (χ2n) is 6.18. The summed E-state index contributed by atoms with van der Waals surface area (Å²) >= 11 is 1.24. The maximum Gasteiger partial charge on any atom is 0.307 e. The summed E-state index contributed by atoms with van der Waals surface area (Å²) in [6.45, 7) is 5.97. The zero-order valence-corrected chi connectivity index (χ0v) is 14.4. The highest BCUT2D eigenvalue weighted by Crippen LogP contribution is 2.23. The van der Waals surface area contributed by atoms with Crippen molar-refractivity contribution in [2.45, 2.75) is 39.6 Å². The van der Waals surface area contributed by atoms with Crippen LogP contribution in [0.15, 0.2) is 40.6 Å². The van der Waals surface area contributed by atoms with E-state index in [0.717, 1.165) is 31.0 Å². The minimum Gasteiger partial charge on any atom is -0.301 e. The van der Waals surface area contributed by atoms with Gasteiger partial charge in [-0.05, 0) is 18.1 Å². The van der Waals surface area contributed by atoms with Crippen LogP contribution in [0.3, 0.4) is 0 Å². The molecule has 0 atom stereocenters. The molecule has 0 bridgehead atoms. The van der Waals surface area contributed by atoms with Crippen molar-refractivity contribution in [2.75, 3.05) is 0 Å². The fraction of sp³-hybridized carbons (Fsp3) is 0.353. The average Bonchev–Trinajstić information content (AvgIpc) is 3.26. The van der Waals surface area contributed by atoms with Gasteiger partial charge in [-0.25, -0.2) is 0 Å². The predicted molar refractivity (Wildman–Crippen MR) is 92.7 cm³/mol. The van der Waals surface area contributed by atoms with Crippen LogP contribution >= 0.6 is 11.3 Å². The van der Waals surface area contributed by atoms with Gasteiger partial charge in [0.2, 0.25) is 0 Å². The molecule has 0 saturated carbocycles. The minimum atomic E-state index is 0.0858. The molecular formula is C17H19N5OS. The predicted octanol–water partition coefficient (Wildman–Crippen LogP) is 2.03. The van der Waals surface area contributed by atoms with Crippen LogP contribution in [-0.4, -0.2) is 24.5 Å². The van der Waals surface area contributed by atoms with E-state index >= 15 is 0 Å². The van der Waals surface area contributed by atoms with Crippen molar-refractivity contribution in [2.24, 2.45) is 0 Å². The maximum atomic E-state index is 11.7. The first kappa shape index (κ1) is 15.3. The maximum absolute atomic E-state index is 11.7. The van der Waals surface area contributed by atoms with Gasteiger partial charge in [-0.2, -0.15) is 0 Å². The first-order valence-corrected chi connectivity index (χ1v) is 8.90. The van der Waals surface area contributed by atoms with Gasteiger partial charge in [0.15, 0.2) is 0 Å². The Morgan fingerprint density at radius 2 is 1.92 bits per heavy atom. The molecule has 4 rings (SSSR count). The highest BCUT2D eigenvalue weighted by atomic mass is 32.1. The van der Waals surface area contributed by atoms with Crippen molar-refractivity contribution in [1.29, 1.82) is 0 Å². The lowest BCUT2D eigenvalue weighted by molar-refractivity contribution is 0.272. The number of rotatable bonds is 5. The Morgan fingerprint density at radius 3 is 2.58 bits per heavy atom. The third-order valence-corrected chi connectivity index (χ3v) is 5.29. The fourth-order valence-corrected chi connectivity index (χ4v) is 3.90. The summed E-state index contributed by atoms with van der Waals surface area (Å²) in [6.07, 6.45) is 1.98. The molecule has 24 heavy (non-hydrogen) atoms. The second kappa shape index (κ2) is 6.33. The Hall–Kier alpha value is -2.25. The molecule has 1 aliphatic heterocycles. The number of fused-ring (bicyclic) bond motifs is 1. The van der Waals surface area contributed by atoms with Crippen LogP contribution in [0.2, 0.25) is 0 Å².